The molecule has 0 saturated carbocycles. The zero-order chi connectivity index (χ0) is 40.2. The van der Waals surface area contributed by atoms with Crippen LogP contribution in [0.1, 0.15) is 127 Å². The highest BCUT2D eigenvalue weighted by atomic mass is 16.5. The Morgan fingerprint density at radius 1 is 0.865 bits per heavy atom. The SMILES string of the molecule is CC(=O)NC(C)C.CC(=O)NC(C)C.CC(C)C(=O)NC1CCNC1.CC(C)CN1CCNCC1.CC(C)n1cccn1.Cc1nc(C(C)C)no1. The molecule has 4 heterocycles. The predicted molar refractivity (Wildman–Crippen MR) is 212 cm³/mol. The summed E-state index contributed by atoms with van der Waals surface area (Å²) in [4.78, 5) is 38.0. The van der Waals surface area contributed by atoms with E-state index in [-0.39, 0.29) is 35.7 Å². The van der Waals surface area contributed by atoms with Gasteiger partial charge in [-0.15, -0.1) is 0 Å². The number of hydrogen-bond acceptors (Lipinski definition) is 10. The van der Waals surface area contributed by atoms with Gasteiger partial charge in [0.1, 0.15) is 0 Å². The van der Waals surface area contributed by atoms with Crippen LogP contribution in [0.4, 0.5) is 0 Å². The Hall–Kier alpha value is -3.36. The first kappa shape index (κ1) is 50.7. The van der Waals surface area contributed by atoms with Crippen LogP contribution in [-0.4, -0.2) is 106 Å². The lowest BCUT2D eigenvalue weighted by molar-refractivity contribution is -0.124. The first-order valence-corrected chi connectivity index (χ1v) is 19.0. The lowest BCUT2D eigenvalue weighted by atomic mass is 10.2. The van der Waals surface area contributed by atoms with Gasteiger partial charge in [0.25, 0.3) is 0 Å². The van der Waals surface area contributed by atoms with E-state index < -0.39 is 0 Å². The van der Waals surface area contributed by atoms with Crippen molar-refractivity contribution < 1.29 is 18.9 Å². The highest BCUT2D eigenvalue weighted by molar-refractivity contribution is 5.78. The highest BCUT2D eigenvalue weighted by Crippen LogP contribution is 2.08. The summed E-state index contributed by atoms with van der Waals surface area (Å²) >= 11 is 0. The molecule has 3 amide bonds. The standard InChI is InChI=1S/C8H16N2O.C8H18N2.C6H10N2O.C6H10N2.2C5H11NO/c1-6(2)8(11)10-7-3-4-9-5-7;1-8(2)7-10-5-3-9-4-6-10;1-4(2)6-7-5(3)9-8-6;1-6(2)8-5-3-4-7-8;2*1-4(2)6-5(3)7/h6-7,9H,3-5H2,1-2H3,(H,10,11);8-9H,3-7H2,1-2H3;4H,1-3H3;3-6H,1-2H3;2*4H,1-3H3,(H,6,7). The van der Waals surface area contributed by atoms with Gasteiger partial charge in [-0.2, -0.15) is 10.1 Å². The Bertz CT molecular complexity index is 1130. The zero-order valence-electron chi connectivity index (χ0n) is 35.3. The van der Waals surface area contributed by atoms with E-state index in [0.717, 1.165) is 31.3 Å². The number of aryl methyl sites for hydroxylation is 1. The van der Waals surface area contributed by atoms with Crippen molar-refractivity contribution in [2.45, 2.75) is 140 Å². The Morgan fingerprint density at radius 3 is 1.69 bits per heavy atom. The van der Waals surface area contributed by atoms with Crippen molar-refractivity contribution in [3.8, 4) is 0 Å². The summed E-state index contributed by atoms with van der Waals surface area (Å²) < 4.78 is 6.68. The van der Waals surface area contributed by atoms with Gasteiger partial charge in [-0.25, -0.2) is 0 Å². The van der Waals surface area contributed by atoms with E-state index in [4.69, 9.17) is 4.52 Å². The molecular weight excluding hydrogens is 660 g/mol. The third-order valence-electron chi connectivity index (χ3n) is 6.86. The minimum absolute atomic E-state index is 0.0370. The number of carbonyl (C=O) groups is 3. The summed E-state index contributed by atoms with van der Waals surface area (Å²) in [5.41, 5.74) is 0. The molecule has 2 aliphatic heterocycles. The minimum atomic E-state index is 0.0370. The molecule has 302 valence electrons. The van der Waals surface area contributed by atoms with E-state index in [1.165, 1.54) is 46.6 Å². The third-order valence-corrected chi connectivity index (χ3v) is 6.86. The van der Waals surface area contributed by atoms with Crippen LogP contribution in [0.15, 0.2) is 23.0 Å². The molecule has 0 radical (unpaired) electrons. The van der Waals surface area contributed by atoms with Crippen molar-refractivity contribution >= 4 is 17.7 Å². The molecule has 1 atom stereocenters. The average Bonchev–Trinajstić information content (AvgIpc) is 3.82. The molecule has 14 nitrogen and oxygen atoms in total. The van der Waals surface area contributed by atoms with Gasteiger partial charge in [-0.05, 0) is 66.5 Å². The molecule has 0 aromatic carbocycles. The van der Waals surface area contributed by atoms with Crippen molar-refractivity contribution in [2.24, 2.45) is 11.8 Å². The molecule has 52 heavy (non-hydrogen) atoms. The molecule has 5 N–H and O–H groups in total. The summed E-state index contributed by atoms with van der Waals surface area (Å²) in [6.45, 7) is 37.2. The first-order valence-electron chi connectivity index (χ1n) is 19.0. The van der Waals surface area contributed by atoms with E-state index in [1.807, 2.05) is 72.3 Å². The summed E-state index contributed by atoms with van der Waals surface area (Å²) in [6.07, 6.45) is 4.82. The molecule has 2 aromatic rings. The van der Waals surface area contributed by atoms with Crippen molar-refractivity contribution in [1.82, 2.24) is 51.4 Å². The molecule has 2 saturated heterocycles. The summed E-state index contributed by atoms with van der Waals surface area (Å²) in [5, 5.41) is 22.6. The summed E-state index contributed by atoms with van der Waals surface area (Å²) in [5.74, 6) is 2.95. The van der Waals surface area contributed by atoms with Gasteiger partial charge in [-0.1, -0.05) is 46.7 Å². The van der Waals surface area contributed by atoms with Gasteiger partial charge in [-0.3, -0.25) is 19.1 Å². The van der Waals surface area contributed by atoms with Crippen LogP contribution >= 0.6 is 0 Å². The van der Waals surface area contributed by atoms with Crippen molar-refractivity contribution in [3.05, 3.63) is 30.2 Å². The average molecular weight is 737 g/mol. The molecular formula is C38H76N10O4. The molecule has 0 spiro atoms. The normalized spacial score (nSPS) is 15.2. The number of nitrogens with one attached hydrogen (secondary N) is 5. The van der Waals surface area contributed by atoms with Crippen LogP contribution in [0.25, 0.3) is 0 Å². The van der Waals surface area contributed by atoms with Gasteiger partial charge < -0.3 is 36.0 Å². The van der Waals surface area contributed by atoms with Gasteiger partial charge in [0.2, 0.25) is 23.6 Å². The number of piperazine rings is 1. The Kier molecular flexibility index (Phi) is 29.4. The Labute approximate surface area is 315 Å². The Morgan fingerprint density at radius 2 is 1.42 bits per heavy atom. The van der Waals surface area contributed by atoms with E-state index >= 15 is 0 Å². The lowest BCUT2D eigenvalue weighted by Gasteiger charge is -2.28. The van der Waals surface area contributed by atoms with Gasteiger partial charge >= 0.3 is 0 Å². The monoisotopic (exact) mass is 737 g/mol. The van der Waals surface area contributed by atoms with E-state index in [0.29, 0.717) is 23.9 Å². The Balaban J connectivity index is 0. The van der Waals surface area contributed by atoms with E-state index in [2.05, 4.69) is 74.4 Å². The van der Waals surface area contributed by atoms with Gasteiger partial charge in [0.15, 0.2) is 5.82 Å². The van der Waals surface area contributed by atoms with E-state index in [9.17, 15) is 14.4 Å². The second-order valence-electron chi connectivity index (χ2n) is 14.9. The second-order valence-corrected chi connectivity index (χ2v) is 14.9. The quantitative estimate of drug-likeness (QED) is 0.256. The van der Waals surface area contributed by atoms with Crippen LogP contribution in [0.5, 0.6) is 0 Å². The minimum Gasteiger partial charge on any atom is -0.354 e. The molecule has 0 bridgehead atoms. The molecule has 2 aromatic heterocycles. The largest absolute Gasteiger partial charge is 0.354 e. The van der Waals surface area contributed by atoms with Crippen molar-refractivity contribution in [3.63, 3.8) is 0 Å². The molecule has 4 rings (SSSR count). The number of aromatic nitrogens is 4. The van der Waals surface area contributed by atoms with Gasteiger partial charge in [0, 0.05) is 108 Å². The first-order chi connectivity index (χ1) is 24.2. The number of carbonyl (C=O) groups excluding carboxylic acids is 3. The van der Waals surface area contributed by atoms with Crippen molar-refractivity contribution in [1.29, 1.82) is 0 Å². The number of hydrogen-bond donors (Lipinski definition) is 5. The fourth-order valence-electron chi connectivity index (χ4n) is 4.50. The van der Waals surface area contributed by atoms with Crippen LogP contribution in [0, 0.1) is 18.8 Å². The molecule has 2 aliphatic rings. The number of nitrogens with zero attached hydrogens (tertiary/aromatic N) is 5. The predicted octanol–water partition coefficient (Wildman–Crippen LogP) is 4.70. The van der Waals surface area contributed by atoms with Crippen LogP contribution < -0.4 is 26.6 Å². The van der Waals surface area contributed by atoms with Crippen LogP contribution in [-0.2, 0) is 14.4 Å². The smallest absolute Gasteiger partial charge is 0.223 e. The van der Waals surface area contributed by atoms with E-state index in [1.54, 1.807) is 13.1 Å². The highest BCUT2D eigenvalue weighted by Gasteiger charge is 2.17. The van der Waals surface area contributed by atoms with Crippen LogP contribution in [0.2, 0.25) is 0 Å². The maximum absolute atomic E-state index is 11.2. The topological polar surface area (TPSA) is 171 Å². The maximum Gasteiger partial charge on any atom is 0.223 e. The fourth-order valence-corrected chi connectivity index (χ4v) is 4.50. The molecule has 0 aliphatic carbocycles. The van der Waals surface area contributed by atoms with Gasteiger partial charge in [0.05, 0.1) is 0 Å². The number of rotatable bonds is 8. The van der Waals surface area contributed by atoms with Crippen molar-refractivity contribution in [2.75, 3.05) is 45.8 Å². The lowest BCUT2D eigenvalue weighted by Crippen LogP contribution is -2.44. The molecule has 14 heteroatoms. The zero-order valence-corrected chi connectivity index (χ0v) is 35.3. The maximum atomic E-state index is 11.2. The summed E-state index contributed by atoms with van der Waals surface area (Å²) in [7, 11) is 0. The molecule has 1 unspecified atom stereocenters. The van der Waals surface area contributed by atoms with Crippen LogP contribution in [0.3, 0.4) is 0 Å². The third kappa shape index (κ3) is 31.4. The summed E-state index contributed by atoms with van der Waals surface area (Å²) in [6, 6.07) is 3.34. The second kappa shape index (κ2) is 30.1. The fraction of sp³-hybridized carbons (Fsp3) is 0.789. The molecule has 2 fully saturated rings. The number of amides is 3.